The van der Waals surface area contributed by atoms with Gasteiger partial charge < -0.3 is 40.2 Å². The first kappa shape index (κ1) is 72.7. The molecular weight excluding hydrogens is 1220 g/mol. The number of nitrogens with one attached hydrogen (secondary N) is 5. The molecule has 5 N–H and O–H groups in total. The van der Waals surface area contributed by atoms with E-state index >= 15 is 0 Å². The fourth-order valence-electron chi connectivity index (χ4n) is 17.2. The summed E-state index contributed by atoms with van der Waals surface area (Å²) in [5.41, 5.74) is 6.85. The minimum atomic E-state index is -0.956. The molecule has 3 saturated carbocycles. The largest absolute Gasteiger partial charge is 0.514 e. The van der Waals surface area contributed by atoms with Crippen molar-refractivity contribution >= 4 is 35.5 Å². The number of hydrogen-bond acceptors (Lipinski definition) is 10. The summed E-state index contributed by atoms with van der Waals surface area (Å²) in [5.74, 6) is 4.61. The van der Waals surface area contributed by atoms with Crippen molar-refractivity contribution in [1.29, 1.82) is 0 Å². The van der Waals surface area contributed by atoms with E-state index in [4.69, 9.17) is 18.9 Å². The molecule has 3 fully saturated rings. The molecule has 0 unspecified atom stereocenters. The van der Waals surface area contributed by atoms with E-state index in [1.165, 1.54) is 57.8 Å². The number of fused-ring (bicyclic) bond motifs is 5. The number of unbranched alkanes of at least 4 members (excludes halogenated alkanes) is 1. The Morgan fingerprint density at radius 1 is 0.602 bits per heavy atom. The van der Waals surface area contributed by atoms with Crippen molar-refractivity contribution in [2.24, 2.45) is 46.3 Å². The van der Waals surface area contributed by atoms with Gasteiger partial charge in [0.05, 0.1) is 18.8 Å². The number of amides is 4. The summed E-state index contributed by atoms with van der Waals surface area (Å²) >= 11 is 0. The molecule has 522 valence electrons. The molecule has 0 heterocycles. The van der Waals surface area contributed by atoms with Gasteiger partial charge in [0.1, 0.15) is 24.1 Å². The second-order valence-electron chi connectivity index (χ2n) is 29.3. The van der Waals surface area contributed by atoms with Crippen molar-refractivity contribution in [3.8, 4) is 11.5 Å². The minimum Gasteiger partial charge on any atom is -0.497 e. The van der Waals surface area contributed by atoms with Crippen molar-refractivity contribution in [3.05, 3.63) is 209 Å². The summed E-state index contributed by atoms with van der Waals surface area (Å²) < 4.78 is 22.7. The van der Waals surface area contributed by atoms with E-state index in [2.05, 4.69) is 104 Å². The van der Waals surface area contributed by atoms with Crippen molar-refractivity contribution in [1.82, 2.24) is 21.3 Å². The Morgan fingerprint density at radius 3 is 1.95 bits per heavy atom. The fraction of sp³-hybridized carbons (Fsp3) is 0.488. The van der Waals surface area contributed by atoms with Gasteiger partial charge >= 0.3 is 6.16 Å². The van der Waals surface area contributed by atoms with Gasteiger partial charge in [0.25, 0.3) is 0 Å². The summed E-state index contributed by atoms with van der Waals surface area (Å²) in [5, 5.41) is 16.1. The van der Waals surface area contributed by atoms with Crippen LogP contribution >= 0.6 is 0 Å². The first-order chi connectivity index (χ1) is 47.5. The third-order valence-electron chi connectivity index (χ3n) is 22.4. The predicted molar refractivity (Wildman–Crippen MR) is 388 cm³/mol. The van der Waals surface area contributed by atoms with Crippen LogP contribution in [0.4, 0.5) is 10.5 Å². The summed E-state index contributed by atoms with van der Waals surface area (Å²) in [6.45, 7) is 14.1. The Kier molecular flexibility index (Phi) is 26.0. The monoisotopic (exact) mass is 1330 g/mol. The molecule has 4 amide bonds. The molecule has 0 bridgehead atoms. The van der Waals surface area contributed by atoms with E-state index in [0.29, 0.717) is 74.2 Å². The van der Waals surface area contributed by atoms with Gasteiger partial charge in [-0.2, -0.15) is 0 Å². The average Bonchev–Trinajstić information content (AvgIpc) is 1.35. The second kappa shape index (κ2) is 35.1. The lowest BCUT2D eigenvalue weighted by molar-refractivity contribution is -0.128. The van der Waals surface area contributed by atoms with Crippen LogP contribution in [0.1, 0.15) is 178 Å². The smallest absolute Gasteiger partial charge is 0.497 e. The maximum Gasteiger partial charge on any atom is 0.514 e. The lowest BCUT2D eigenvalue weighted by Gasteiger charge is -2.58. The zero-order valence-corrected chi connectivity index (χ0v) is 58.9. The summed E-state index contributed by atoms with van der Waals surface area (Å²) in [7, 11) is 1.66. The molecule has 10 atom stereocenters. The number of rotatable bonds is 34. The molecule has 14 nitrogen and oxygen atoms in total. The van der Waals surface area contributed by atoms with E-state index < -0.39 is 35.6 Å². The third kappa shape index (κ3) is 19.0. The van der Waals surface area contributed by atoms with E-state index in [0.717, 1.165) is 76.4 Å². The maximum atomic E-state index is 14.5. The lowest BCUT2D eigenvalue weighted by Crippen LogP contribution is -2.51. The van der Waals surface area contributed by atoms with Crippen molar-refractivity contribution in [2.45, 2.75) is 187 Å². The van der Waals surface area contributed by atoms with Crippen LogP contribution in [0, 0.1) is 46.3 Å². The second-order valence-corrected chi connectivity index (χ2v) is 29.3. The van der Waals surface area contributed by atoms with Gasteiger partial charge in [-0.3, -0.25) is 24.5 Å². The number of para-hydroxylation sites is 1. The first-order valence-corrected chi connectivity index (χ1v) is 36.5. The number of benzene rings is 6. The van der Waals surface area contributed by atoms with Crippen LogP contribution in [-0.4, -0.2) is 74.8 Å². The maximum absolute atomic E-state index is 14.5. The minimum absolute atomic E-state index is 0.00370. The van der Waals surface area contributed by atoms with E-state index in [1.54, 1.807) is 61.2 Å². The summed E-state index contributed by atoms with van der Waals surface area (Å²) in [6, 6.07) is 52.3. The fourth-order valence-corrected chi connectivity index (χ4v) is 17.2. The Labute approximate surface area is 583 Å². The standard InChI is InChI=1S/C84H107N5O9/c1-59(2)23-21-24-60(3)73-44-45-74-72-43-38-66-56-71(48-50-82(66,4)75(72)49-51-83(73,74)5)96-54-22-52-85-77(90)46-47-78(91)87-68(55-61-25-11-7-12-26-61)57-79(92)89-76(80(93)88-67-39-34-62(35-40-67)58-97-81(94)98-70-31-17-10-18-32-70)33-19-20-53-86-84(63-27-13-8-14-28-63,64-29-15-9-16-30-64)65-36-41-69(95-6)42-37-65/h7-18,25-32,34-42,59-60,68,71-76,86H,19-24,33,43-58H2,1-6H3,(H,85,90)(H,87,91)(H,88,93)(H,89,92)/t60-,68+,71+,72+,73-,74+,75+,76+,82+,83-/m1/s1. The molecular formula is C84H107N5O9. The van der Waals surface area contributed by atoms with Crippen LogP contribution in [0.2, 0.25) is 0 Å². The SMILES string of the molecule is COc1ccc(C(NCCCC[C@H](NC(=O)C[C@H](Cc2ccccc2)NC(=O)CCC(=O)NCCCO[C@H]2CC[C@@]3(C)C(=CC[C@H]4[C@@H]5CC[C@H]([C@H](C)CCCC(C)C)[C@@]5(C)CC[C@@H]43)C2)C(=O)Nc2ccc(COC(=O)Oc3ccccc3)cc2)(c2ccccc2)c2ccccc2)cc1. The number of ether oxygens (including phenoxy) is 4. The highest BCUT2D eigenvalue weighted by molar-refractivity contribution is 5.97. The van der Waals surface area contributed by atoms with Gasteiger partial charge in [-0.25, -0.2) is 4.79 Å². The topological polar surface area (TPSA) is 182 Å². The Morgan fingerprint density at radius 2 is 1.27 bits per heavy atom. The van der Waals surface area contributed by atoms with Crippen LogP contribution in [0.3, 0.4) is 0 Å². The molecule has 10 rings (SSSR count). The number of carbonyl (C=O) groups excluding carboxylic acids is 5. The normalized spacial score (nSPS) is 21.9. The van der Waals surface area contributed by atoms with Crippen molar-refractivity contribution in [2.75, 3.05) is 32.1 Å². The molecule has 98 heavy (non-hydrogen) atoms. The molecule has 4 aliphatic carbocycles. The lowest BCUT2D eigenvalue weighted by atomic mass is 9.47. The summed E-state index contributed by atoms with van der Waals surface area (Å²) in [6.07, 6.45) is 18.5. The Hall–Kier alpha value is -8.07. The quantitative estimate of drug-likeness (QED) is 0.00857. The van der Waals surface area contributed by atoms with Crippen molar-refractivity contribution in [3.63, 3.8) is 0 Å². The molecule has 0 saturated heterocycles. The number of hydrogen-bond donors (Lipinski definition) is 5. The average molecular weight is 1330 g/mol. The molecule has 6 aromatic rings. The highest BCUT2D eigenvalue weighted by Crippen LogP contribution is 2.67. The highest BCUT2D eigenvalue weighted by atomic mass is 16.7. The number of methoxy groups -OCH3 is 1. The number of carbonyl (C=O) groups is 5. The van der Waals surface area contributed by atoms with Crippen LogP contribution < -0.4 is 36.1 Å². The first-order valence-electron chi connectivity index (χ1n) is 36.5. The van der Waals surface area contributed by atoms with Crippen LogP contribution in [0.5, 0.6) is 11.5 Å². The van der Waals surface area contributed by atoms with Gasteiger partial charge in [-0.1, -0.05) is 199 Å². The van der Waals surface area contributed by atoms with Crippen molar-refractivity contribution < 1.29 is 42.9 Å². The summed E-state index contributed by atoms with van der Waals surface area (Å²) in [4.78, 5) is 68.3. The van der Waals surface area contributed by atoms with Crippen LogP contribution in [0.15, 0.2) is 182 Å². The predicted octanol–water partition coefficient (Wildman–Crippen LogP) is 16.4. The molecule has 0 aliphatic heterocycles. The van der Waals surface area contributed by atoms with Gasteiger partial charge in [0.2, 0.25) is 23.6 Å². The molecule has 14 heteroatoms. The highest BCUT2D eigenvalue weighted by Gasteiger charge is 2.59. The zero-order chi connectivity index (χ0) is 68.9. The zero-order valence-electron chi connectivity index (χ0n) is 58.9. The molecule has 4 aliphatic rings. The van der Waals surface area contributed by atoms with Gasteiger partial charge in [-0.15, -0.1) is 0 Å². The molecule has 0 aromatic heterocycles. The number of anilines is 1. The van der Waals surface area contributed by atoms with Gasteiger partial charge in [0.15, 0.2) is 0 Å². The third-order valence-corrected chi connectivity index (χ3v) is 22.4. The Balaban J connectivity index is 0.718. The molecule has 0 spiro atoms. The Bertz CT molecular complexity index is 3490. The van der Waals surface area contributed by atoms with E-state index in [-0.39, 0.29) is 49.2 Å². The van der Waals surface area contributed by atoms with Gasteiger partial charge in [-0.05, 0) is 201 Å². The van der Waals surface area contributed by atoms with E-state index in [1.807, 2.05) is 84.9 Å². The molecule has 6 aromatic carbocycles. The number of allylic oxidation sites excluding steroid dienone is 1. The van der Waals surface area contributed by atoms with Gasteiger partial charge in [0, 0.05) is 44.1 Å². The molecule has 0 radical (unpaired) electrons. The van der Waals surface area contributed by atoms with Crippen LogP contribution in [0.25, 0.3) is 0 Å². The van der Waals surface area contributed by atoms with E-state index in [9.17, 15) is 24.0 Å². The van der Waals surface area contributed by atoms with Crippen LogP contribution in [-0.2, 0) is 47.2 Å².